The summed E-state index contributed by atoms with van der Waals surface area (Å²) < 4.78 is 5.82. The number of benzene rings is 2. The fourth-order valence-corrected chi connectivity index (χ4v) is 6.17. The summed E-state index contributed by atoms with van der Waals surface area (Å²) in [5.74, 6) is -0.590. The summed E-state index contributed by atoms with van der Waals surface area (Å²) in [6, 6.07) is 17.2. The van der Waals surface area contributed by atoms with Gasteiger partial charge in [0.2, 0.25) is 0 Å². The maximum atomic E-state index is 13.4. The molecule has 0 aromatic heterocycles. The highest BCUT2D eigenvalue weighted by molar-refractivity contribution is 6.30. The third-order valence-corrected chi connectivity index (χ3v) is 7.90. The van der Waals surface area contributed by atoms with Crippen LogP contribution in [0, 0.1) is 22.7 Å². The number of carbonyl (C=O) groups is 1. The summed E-state index contributed by atoms with van der Waals surface area (Å²) in [7, 11) is 0. The van der Waals surface area contributed by atoms with Gasteiger partial charge in [0.05, 0.1) is 6.07 Å². The van der Waals surface area contributed by atoms with Crippen LogP contribution in [-0.2, 0) is 14.9 Å². The second kappa shape index (κ2) is 11.8. The van der Waals surface area contributed by atoms with Gasteiger partial charge in [-0.05, 0) is 80.8 Å². The fourth-order valence-electron chi connectivity index (χ4n) is 5.85. The Hall–Kier alpha value is -2.10. The average molecular weight is 573 g/mol. The number of halogens is 2. The molecule has 2 aromatic rings. The van der Waals surface area contributed by atoms with Gasteiger partial charge in [-0.25, -0.2) is 10.4 Å². The van der Waals surface area contributed by atoms with Crippen LogP contribution in [0.25, 0.3) is 0 Å². The van der Waals surface area contributed by atoms with Crippen molar-refractivity contribution in [1.82, 2.24) is 10.4 Å². The quantitative estimate of drug-likeness (QED) is 0.342. The lowest BCUT2D eigenvalue weighted by Gasteiger charge is -2.41. The zero-order chi connectivity index (χ0) is 29.3. The van der Waals surface area contributed by atoms with Gasteiger partial charge in [-0.2, -0.15) is 5.26 Å². The predicted molar refractivity (Wildman–Crippen MR) is 160 cm³/mol. The molecule has 1 fully saturated rings. The van der Waals surface area contributed by atoms with Gasteiger partial charge in [0.1, 0.15) is 17.1 Å². The highest BCUT2D eigenvalue weighted by atomic mass is 35.5. The molecule has 0 saturated carbocycles. The molecule has 0 bridgehead atoms. The Kier molecular flexibility index (Phi) is 9.50. The van der Waals surface area contributed by atoms with Crippen molar-refractivity contribution in [1.29, 1.82) is 5.26 Å². The van der Waals surface area contributed by atoms with Gasteiger partial charge in [0.25, 0.3) is 0 Å². The van der Waals surface area contributed by atoms with Crippen LogP contribution in [0.4, 0.5) is 0 Å². The van der Waals surface area contributed by atoms with E-state index in [1.807, 2.05) is 83.1 Å². The minimum absolute atomic E-state index is 0.0421. The maximum Gasteiger partial charge on any atom is 0.325 e. The van der Waals surface area contributed by atoms with E-state index in [1.165, 1.54) is 0 Å². The highest BCUT2D eigenvalue weighted by Gasteiger charge is 2.61. The topological polar surface area (TPSA) is 65.4 Å². The molecule has 1 saturated heterocycles. The van der Waals surface area contributed by atoms with Crippen LogP contribution in [0.3, 0.4) is 0 Å². The van der Waals surface area contributed by atoms with Crippen LogP contribution in [0.15, 0.2) is 48.5 Å². The van der Waals surface area contributed by atoms with Crippen molar-refractivity contribution in [3.8, 4) is 6.07 Å². The molecular weight excluding hydrogens is 529 g/mol. The van der Waals surface area contributed by atoms with Crippen molar-refractivity contribution in [3.05, 3.63) is 69.7 Å². The van der Waals surface area contributed by atoms with E-state index in [2.05, 4.69) is 44.2 Å². The van der Waals surface area contributed by atoms with Gasteiger partial charge in [-0.1, -0.05) is 82.1 Å². The summed E-state index contributed by atoms with van der Waals surface area (Å²) in [6.07, 6.45) is 0.705. The van der Waals surface area contributed by atoms with Gasteiger partial charge in [0.15, 0.2) is 0 Å². The molecule has 3 rings (SSSR count). The Labute approximate surface area is 244 Å². The van der Waals surface area contributed by atoms with E-state index in [-0.39, 0.29) is 35.3 Å². The molecule has 7 heteroatoms. The van der Waals surface area contributed by atoms with Crippen molar-refractivity contribution in [2.24, 2.45) is 11.3 Å². The largest absolute Gasteiger partial charge is 0.459 e. The maximum absolute atomic E-state index is 13.4. The molecule has 5 nitrogen and oxygen atoms in total. The Morgan fingerprint density at radius 2 is 1.69 bits per heavy atom. The van der Waals surface area contributed by atoms with E-state index >= 15 is 0 Å². The summed E-state index contributed by atoms with van der Waals surface area (Å²) in [5, 5.41) is 14.6. The Morgan fingerprint density at radius 1 is 1.08 bits per heavy atom. The van der Waals surface area contributed by atoms with Crippen LogP contribution in [0.1, 0.15) is 85.8 Å². The average Bonchev–Trinajstić information content (AvgIpc) is 3.02. The summed E-state index contributed by atoms with van der Waals surface area (Å²) in [5.41, 5.74) is 3.79. The Morgan fingerprint density at radius 3 is 2.18 bits per heavy atom. The number of nitrogens with one attached hydrogen (secondary N) is 1. The van der Waals surface area contributed by atoms with Crippen molar-refractivity contribution in [2.75, 3.05) is 0 Å². The van der Waals surface area contributed by atoms with Crippen LogP contribution in [0.2, 0.25) is 10.0 Å². The third-order valence-electron chi connectivity index (χ3n) is 7.41. The molecule has 1 heterocycles. The van der Waals surface area contributed by atoms with E-state index in [4.69, 9.17) is 27.9 Å². The standard InChI is InChI=1S/C32H43Cl2N3O2/c1-20(2)28(29(38)39-31(7,8)9)36-37-21(3)27(22-11-10-12-25(34)17-22)32(19-35,26(37)18-30(4,5)6)23-13-15-24(33)16-14-23/h10-17,20-21,26-28,36H,18H2,1-9H3/t21-,26+,27-,28-,32+/m0/s1. The first-order chi connectivity index (χ1) is 18.0. The first-order valence-corrected chi connectivity index (χ1v) is 14.5. The fraction of sp³-hybridized carbons (Fsp3) is 0.562. The molecule has 0 unspecified atom stereocenters. The van der Waals surface area contributed by atoms with E-state index in [1.54, 1.807) is 0 Å². The number of carbonyl (C=O) groups excluding carboxylic acids is 1. The number of hydrazine groups is 1. The Balaban J connectivity index is 2.26. The van der Waals surface area contributed by atoms with Crippen LogP contribution < -0.4 is 5.43 Å². The van der Waals surface area contributed by atoms with Crippen molar-refractivity contribution < 1.29 is 9.53 Å². The minimum Gasteiger partial charge on any atom is -0.459 e. The summed E-state index contributed by atoms with van der Waals surface area (Å²) >= 11 is 12.8. The smallest absolute Gasteiger partial charge is 0.325 e. The molecule has 39 heavy (non-hydrogen) atoms. The van der Waals surface area contributed by atoms with Crippen molar-refractivity contribution in [3.63, 3.8) is 0 Å². The van der Waals surface area contributed by atoms with E-state index in [0.29, 0.717) is 16.5 Å². The molecular formula is C32H43Cl2N3O2. The molecule has 0 amide bonds. The lowest BCUT2D eigenvalue weighted by Crippen LogP contribution is -2.58. The molecule has 0 aliphatic carbocycles. The van der Waals surface area contributed by atoms with Crippen molar-refractivity contribution >= 4 is 29.2 Å². The predicted octanol–water partition coefficient (Wildman–Crippen LogP) is 7.92. The number of hydrogen-bond donors (Lipinski definition) is 1. The number of ether oxygens (including phenoxy) is 1. The van der Waals surface area contributed by atoms with Gasteiger partial charge < -0.3 is 4.74 Å². The SMILES string of the molecule is CC(C)[C@H](NN1[C@@H](C)[C@@H](c2cccc(Cl)c2)[C@](C#N)(c2ccc(Cl)cc2)[C@H]1CC(C)(C)C)C(=O)OC(C)(C)C. The lowest BCUT2D eigenvalue weighted by atomic mass is 9.63. The van der Waals surface area contributed by atoms with Gasteiger partial charge >= 0.3 is 5.97 Å². The van der Waals surface area contributed by atoms with E-state index in [9.17, 15) is 10.1 Å². The minimum atomic E-state index is -0.954. The first kappa shape index (κ1) is 31.4. The molecule has 0 radical (unpaired) electrons. The highest BCUT2D eigenvalue weighted by Crippen LogP contribution is 2.55. The molecule has 1 aliphatic heterocycles. The first-order valence-electron chi connectivity index (χ1n) is 13.7. The monoisotopic (exact) mass is 571 g/mol. The van der Waals surface area contributed by atoms with Crippen LogP contribution in [-0.4, -0.2) is 34.7 Å². The molecule has 0 spiro atoms. The number of nitriles is 1. The number of nitrogens with zero attached hydrogens (tertiary/aromatic N) is 2. The zero-order valence-corrected chi connectivity index (χ0v) is 26.2. The number of esters is 1. The molecule has 212 valence electrons. The zero-order valence-electron chi connectivity index (χ0n) is 24.7. The Bertz CT molecular complexity index is 1190. The van der Waals surface area contributed by atoms with E-state index < -0.39 is 17.1 Å². The molecule has 2 aromatic carbocycles. The second-order valence-corrected chi connectivity index (χ2v) is 14.2. The summed E-state index contributed by atoms with van der Waals surface area (Å²) in [6.45, 7) is 18.3. The lowest BCUT2D eigenvalue weighted by molar-refractivity contribution is -0.161. The van der Waals surface area contributed by atoms with Crippen molar-refractivity contribution in [2.45, 2.75) is 104 Å². The van der Waals surface area contributed by atoms with Gasteiger partial charge in [0, 0.05) is 28.0 Å². The second-order valence-electron chi connectivity index (χ2n) is 13.3. The number of hydrogen-bond acceptors (Lipinski definition) is 5. The van der Waals surface area contributed by atoms with E-state index in [0.717, 1.165) is 11.1 Å². The van der Waals surface area contributed by atoms with Crippen LogP contribution in [0.5, 0.6) is 0 Å². The van der Waals surface area contributed by atoms with Gasteiger partial charge in [-0.15, -0.1) is 0 Å². The normalized spacial score (nSPS) is 24.9. The third kappa shape index (κ3) is 6.98. The molecule has 1 N–H and O–H groups in total. The number of rotatable bonds is 7. The summed E-state index contributed by atoms with van der Waals surface area (Å²) in [4.78, 5) is 13.4. The van der Waals surface area contributed by atoms with Crippen LogP contribution >= 0.6 is 23.2 Å². The van der Waals surface area contributed by atoms with Gasteiger partial charge in [-0.3, -0.25) is 4.79 Å². The molecule has 1 aliphatic rings. The molecule has 5 atom stereocenters.